The normalized spacial score (nSPS) is 18.7. The molecule has 1 aliphatic carbocycles. The second kappa shape index (κ2) is 9.30. The highest BCUT2D eigenvalue weighted by Gasteiger charge is 2.42. The maximum Gasteiger partial charge on any atom is 0.226 e. The quantitative estimate of drug-likeness (QED) is 0.713. The predicted molar refractivity (Wildman–Crippen MR) is 106 cm³/mol. The molecule has 1 aromatic rings. The standard InChI is InChI=1S/C17H24ClN5O2.ClH/c18-13-5-7-14(8-6-13)24-11-4-12-25-23-16(20)21-15(19)22-17(23)9-2-1-3-10-17;/h5-8H,1-4,9-12H2,(H4,19,20,21,22);1H. The van der Waals surface area contributed by atoms with Gasteiger partial charge < -0.3 is 16.2 Å². The molecule has 0 atom stereocenters. The van der Waals surface area contributed by atoms with Gasteiger partial charge in [0.15, 0.2) is 5.66 Å². The van der Waals surface area contributed by atoms with Crippen molar-refractivity contribution in [3.63, 3.8) is 0 Å². The van der Waals surface area contributed by atoms with Gasteiger partial charge in [0.25, 0.3) is 0 Å². The Labute approximate surface area is 164 Å². The summed E-state index contributed by atoms with van der Waals surface area (Å²) in [6.45, 7) is 0.992. The van der Waals surface area contributed by atoms with Gasteiger partial charge in [-0.25, -0.2) is 4.99 Å². The molecule has 1 saturated carbocycles. The third kappa shape index (κ3) is 4.93. The number of aliphatic imine (C=N–C) groups is 2. The highest BCUT2D eigenvalue weighted by molar-refractivity contribution is 6.30. The Bertz CT molecular complexity index is 645. The van der Waals surface area contributed by atoms with Crippen LogP contribution >= 0.6 is 24.0 Å². The number of guanidine groups is 2. The molecule has 9 heteroatoms. The fourth-order valence-corrected chi connectivity index (χ4v) is 3.34. The second-order valence-corrected chi connectivity index (χ2v) is 6.70. The molecule has 0 radical (unpaired) electrons. The molecular weight excluding hydrogens is 377 g/mol. The Hall–Kier alpha value is -1.70. The van der Waals surface area contributed by atoms with Crippen molar-refractivity contribution in [2.75, 3.05) is 13.2 Å². The van der Waals surface area contributed by atoms with Crippen LogP contribution in [-0.4, -0.2) is 35.9 Å². The van der Waals surface area contributed by atoms with Crippen LogP contribution in [0.3, 0.4) is 0 Å². The maximum absolute atomic E-state index is 6.04. The molecule has 1 heterocycles. The van der Waals surface area contributed by atoms with Gasteiger partial charge in [-0.2, -0.15) is 10.1 Å². The molecule has 0 aromatic heterocycles. The van der Waals surface area contributed by atoms with Crippen LogP contribution in [0.1, 0.15) is 38.5 Å². The first-order valence-corrected chi connectivity index (χ1v) is 8.98. The average Bonchev–Trinajstić information content (AvgIpc) is 2.59. The van der Waals surface area contributed by atoms with Crippen LogP contribution in [0.15, 0.2) is 34.3 Å². The van der Waals surface area contributed by atoms with Crippen molar-refractivity contribution in [1.82, 2.24) is 5.06 Å². The van der Waals surface area contributed by atoms with E-state index < -0.39 is 5.66 Å². The molecule has 4 N–H and O–H groups in total. The lowest BCUT2D eigenvalue weighted by atomic mass is 9.89. The van der Waals surface area contributed by atoms with Crippen molar-refractivity contribution in [3.8, 4) is 5.75 Å². The summed E-state index contributed by atoms with van der Waals surface area (Å²) in [6.07, 6.45) is 5.78. The largest absolute Gasteiger partial charge is 0.494 e. The third-order valence-corrected chi connectivity index (χ3v) is 4.64. The maximum atomic E-state index is 6.04. The lowest BCUT2D eigenvalue weighted by molar-refractivity contribution is -0.178. The Morgan fingerprint density at radius 2 is 1.77 bits per heavy atom. The fourth-order valence-electron chi connectivity index (χ4n) is 3.21. The molecule has 1 fully saturated rings. The van der Waals surface area contributed by atoms with E-state index in [0.717, 1.165) is 31.4 Å². The number of benzene rings is 1. The number of rotatable bonds is 6. The minimum atomic E-state index is -0.509. The summed E-state index contributed by atoms with van der Waals surface area (Å²) in [7, 11) is 0. The highest BCUT2D eigenvalue weighted by atomic mass is 35.5. The molecule has 2 aliphatic rings. The zero-order chi connectivity index (χ0) is 17.7. The Morgan fingerprint density at radius 3 is 2.46 bits per heavy atom. The van der Waals surface area contributed by atoms with Crippen LogP contribution in [0.25, 0.3) is 0 Å². The van der Waals surface area contributed by atoms with Crippen molar-refractivity contribution in [2.24, 2.45) is 21.5 Å². The lowest BCUT2D eigenvalue weighted by Crippen LogP contribution is -2.57. The minimum Gasteiger partial charge on any atom is -0.494 e. The summed E-state index contributed by atoms with van der Waals surface area (Å²) >= 11 is 5.85. The Balaban J connectivity index is 0.00000243. The molecule has 0 amide bonds. The third-order valence-electron chi connectivity index (χ3n) is 4.38. The number of hydrogen-bond donors (Lipinski definition) is 2. The number of hydroxylamine groups is 2. The van der Waals surface area contributed by atoms with E-state index in [0.29, 0.717) is 24.7 Å². The molecule has 0 unspecified atom stereocenters. The topological polar surface area (TPSA) is 98.5 Å². The van der Waals surface area contributed by atoms with Gasteiger partial charge in [-0.05, 0) is 49.9 Å². The number of hydrogen-bond acceptors (Lipinski definition) is 7. The van der Waals surface area contributed by atoms with E-state index in [9.17, 15) is 0 Å². The first kappa shape index (κ1) is 20.6. The number of ether oxygens (including phenoxy) is 1. The fraction of sp³-hybridized carbons (Fsp3) is 0.529. The summed E-state index contributed by atoms with van der Waals surface area (Å²) < 4.78 is 5.67. The number of halogens is 2. The summed E-state index contributed by atoms with van der Waals surface area (Å²) in [5.74, 6) is 1.28. The van der Waals surface area contributed by atoms with Crippen LogP contribution in [0, 0.1) is 0 Å². The van der Waals surface area contributed by atoms with Gasteiger partial charge in [0.2, 0.25) is 11.9 Å². The van der Waals surface area contributed by atoms with E-state index >= 15 is 0 Å². The smallest absolute Gasteiger partial charge is 0.226 e. The van der Waals surface area contributed by atoms with Crippen LogP contribution in [0.5, 0.6) is 5.75 Å². The molecule has 1 aliphatic heterocycles. The van der Waals surface area contributed by atoms with Crippen molar-refractivity contribution < 1.29 is 9.57 Å². The predicted octanol–water partition coefficient (Wildman–Crippen LogP) is 3.07. The monoisotopic (exact) mass is 401 g/mol. The second-order valence-electron chi connectivity index (χ2n) is 6.27. The Morgan fingerprint density at radius 1 is 1.08 bits per heavy atom. The molecular formula is C17H25Cl2N5O2. The van der Waals surface area contributed by atoms with Crippen molar-refractivity contribution in [3.05, 3.63) is 29.3 Å². The van der Waals surface area contributed by atoms with Crippen LogP contribution in [-0.2, 0) is 4.84 Å². The number of nitrogens with two attached hydrogens (primary N) is 2. The first-order valence-electron chi connectivity index (χ1n) is 8.60. The summed E-state index contributed by atoms with van der Waals surface area (Å²) in [5.41, 5.74) is 11.3. The average molecular weight is 402 g/mol. The van der Waals surface area contributed by atoms with E-state index in [4.69, 9.17) is 32.6 Å². The van der Waals surface area contributed by atoms with Gasteiger partial charge in [-0.15, -0.1) is 12.4 Å². The van der Waals surface area contributed by atoms with Crippen LogP contribution < -0.4 is 16.2 Å². The van der Waals surface area contributed by atoms with Gasteiger partial charge in [0, 0.05) is 11.4 Å². The zero-order valence-electron chi connectivity index (χ0n) is 14.6. The van der Waals surface area contributed by atoms with Crippen molar-refractivity contribution >= 4 is 35.9 Å². The van der Waals surface area contributed by atoms with Crippen LogP contribution in [0.4, 0.5) is 0 Å². The SMILES string of the molecule is Cl.NC1=NC2(CCCCC2)N(OCCCOc2ccc(Cl)cc2)C(N)=N1. The van der Waals surface area contributed by atoms with E-state index in [1.165, 1.54) is 6.42 Å². The van der Waals surface area contributed by atoms with Gasteiger partial charge in [0.05, 0.1) is 13.2 Å². The summed E-state index contributed by atoms with van der Waals surface area (Å²) in [6, 6.07) is 7.28. The Kier molecular flexibility index (Phi) is 7.37. The van der Waals surface area contributed by atoms with Crippen LogP contribution in [0.2, 0.25) is 5.02 Å². The molecule has 3 rings (SSSR count). The van der Waals surface area contributed by atoms with Gasteiger partial charge in [-0.3, -0.25) is 4.84 Å². The van der Waals surface area contributed by atoms with E-state index in [-0.39, 0.29) is 24.3 Å². The number of nitrogens with zero attached hydrogens (tertiary/aromatic N) is 3. The zero-order valence-corrected chi connectivity index (χ0v) is 16.1. The molecule has 0 saturated heterocycles. The highest BCUT2D eigenvalue weighted by Crippen LogP contribution is 2.36. The minimum absolute atomic E-state index is 0. The molecule has 7 nitrogen and oxygen atoms in total. The van der Waals surface area contributed by atoms with Gasteiger partial charge in [0.1, 0.15) is 5.75 Å². The molecule has 0 bridgehead atoms. The summed E-state index contributed by atoms with van der Waals surface area (Å²) in [5, 5.41) is 2.33. The summed E-state index contributed by atoms with van der Waals surface area (Å²) in [4.78, 5) is 14.5. The van der Waals surface area contributed by atoms with Gasteiger partial charge >= 0.3 is 0 Å². The van der Waals surface area contributed by atoms with Crippen molar-refractivity contribution in [2.45, 2.75) is 44.2 Å². The molecule has 144 valence electrons. The molecule has 1 spiro atoms. The van der Waals surface area contributed by atoms with Crippen molar-refractivity contribution in [1.29, 1.82) is 0 Å². The molecule has 26 heavy (non-hydrogen) atoms. The van der Waals surface area contributed by atoms with Gasteiger partial charge in [-0.1, -0.05) is 18.0 Å². The first-order chi connectivity index (χ1) is 12.1. The lowest BCUT2D eigenvalue weighted by Gasteiger charge is -2.44. The van der Waals surface area contributed by atoms with E-state index in [1.807, 2.05) is 12.1 Å². The van der Waals surface area contributed by atoms with E-state index in [1.54, 1.807) is 17.2 Å². The van der Waals surface area contributed by atoms with E-state index in [2.05, 4.69) is 9.98 Å². The molecule has 1 aromatic carbocycles.